The van der Waals surface area contributed by atoms with Crippen LogP contribution in [0.1, 0.15) is 22.0 Å². The summed E-state index contributed by atoms with van der Waals surface area (Å²) in [6.45, 7) is 0.481. The van der Waals surface area contributed by atoms with Crippen molar-refractivity contribution in [3.05, 3.63) is 50.6 Å². The molecule has 2 N–H and O–H groups in total. The number of nitrogens with zero attached hydrogens (tertiary/aromatic N) is 1. The van der Waals surface area contributed by atoms with Crippen LogP contribution in [-0.2, 0) is 0 Å². The number of nitrogens with one attached hydrogen (secondary N) is 1. The summed E-state index contributed by atoms with van der Waals surface area (Å²) in [4.78, 5) is 14.3. The summed E-state index contributed by atoms with van der Waals surface area (Å²) in [5, 5.41) is 16.8. The van der Waals surface area contributed by atoms with Gasteiger partial charge in [-0.2, -0.15) is 11.3 Å². The van der Waals surface area contributed by atoms with Crippen molar-refractivity contribution in [3.63, 3.8) is 0 Å². The number of likely N-dealkylation sites (N-methyl/N-ethyl adjacent to an activating group) is 1. The quantitative estimate of drug-likeness (QED) is 0.851. The summed E-state index contributed by atoms with van der Waals surface area (Å²) in [5.41, 5.74) is 1.44. The van der Waals surface area contributed by atoms with Gasteiger partial charge in [-0.3, -0.25) is 4.79 Å². The van der Waals surface area contributed by atoms with Gasteiger partial charge in [-0.05, 0) is 54.7 Å². The first-order valence-electron chi connectivity index (χ1n) is 6.44. The van der Waals surface area contributed by atoms with Crippen molar-refractivity contribution in [1.82, 2.24) is 10.2 Å². The molecule has 0 bridgehead atoms. The van der Waals surface area contributed by atoms with E-state index in [4.69, 9.17) is 0 Å². The topological polar surface area (TPSA) is 52.6 Å². The van der Waals surface area contributed by atoms with Gasteiger partial charge in [0.05, 0.1) is 11.6 Å². The molecule has 6 heteroatoms. The minimum atomic E-state index is -0.282. The molecule has 2 rings (SSSR count). The fraction of sp³-hybridized carbons (Fsp3) is 0.267. The second-order valence-corrected chi connectivity index (χ2v) is 6.60. The van der Waals surface area contributed by atoms with Gasteiger partial charge < -0.3 is 15.3 Å². The molecule has 1 unspecified atom stereocenters. The van der Waals surface area contributed by atoms with Crippen LogP contribution in [0.3, 0.4) is 0 Å². The second kappa shape index (κ2) is 7.06. The summed E-state index contributed by atoms with van der Waals surface area (Å²) in [7, 11) is 3.95. The van der Waals surface area contributed by atoms with E-state index in [0.29, 0.717) is 6.54 Å². The predicted molar refractivity (Wildman–Crippen MR) is 88.9 cm³/mol. The van der Waals surface area contributed by atoms with E-state index < -0.39 is 0 Å². The molecule has 4 nitrogen and oxygen atoms in total. The highest BCUT2D eigenvalue weighted by molar-refractivity contribution is 9.10. The van der Waals surface area contributed by atoms with Crippen LogP contribution >= 0.6 is 27.3 Å². The highest BCUT2D eigenvalue weighted by Gasteiger charge is 2.17. The Labute approximate surface area is 136 Å². The van der Waals surface area contributed by atoms with Crippen LogP contribution in [-0.4, -0.2) is 36.6 Å². The molecule has 0 spiro atoms. The molecule has 21 heavy (non-hydrogen) atoms. The summed E-state index contributed by atoms with van der Waals surface area (Å²) < 4.78 is 0.757. The molecule has 2 aromatic rings. The third kappa shape index (κ3) is 4.06. The number of benzene rings is 1. The molecular weight excluding hydrogens is 352 g/mol. The first kappa shape index (κ1) is 16.0. The molecule has 0 aliphatic heterocycles. The van der Waals surface area contributed by atoms with Gasteiger partial charge in [-0.15, -0.1) is 0 Å². The Balaban J connectivity index is 2.07. The average molecular weight is 369 g/mol. The van der Waals surface area contributed by atoms with Gasteiger partial charge in [-0.1, -0.05) is 15.9 Å². The number of thiophene rings is 1. The monoisotopic (exact) mass is 368 g/mol. The minimum Gasteiger partial charge on any atom is -0.507 e. The maximum absolute atomic E-state index is 12.2. The van der Waals surface area contributed by atoms with Crippen LogP contribution < -0.4 is 5.32 Å². The van der Waals surface area contributed by atoms with Crippen molar-refractivity contribution in [1.29, 1.82) is 0 Å². The lowest BCUT2D eigenvalue weighted by Crippen LogP contribution is -2.34. The van der Waals surface area contributed by atoms with Crippen molar-refractivity contribution < 1.29 is 9.90 Å². The van der Waals surface area contributed by atoms with Crippen LogP contribution in [0.25, 0.3) is 0 Å². The summed E-state index contributed by atoms with van der Waals surface area (Å²) in [6.07, 6.45) is 0. The van der Waals surface area contributed by atoms with Crippen molar-refractivity contribution >= 4 is 33.2 Å². The number of hydrogen-bond donors (Lipinski definition) is 2. The Morgan fingerprint density at radius 1 is 1.43 bits per heavy atom. The van der Waals surface area contributed by atoms with Crippen molar-refractivity contribution in [3.8, 4) is 5.75 Å². The smallest absolute Gasteiger partial charge is 0.255 e. The zero-order valence-corrected chi connectivity index (χ0v) is 14.2. The largest absolute Gasteiger partial charge is 0.507 e. The van der Waals surface area contributed by atoms with E-state index in [1.54, 1.807) is 23.5 Å². The van der Waals surface area contributed by atoms with E-state index in [-0.39, 0.29) is 23.3 Å². The molecule has 1 amide bonds. The van der Waals surface area contributed by atoms with Crippen molar-refractivity contribution in [2.75, 3.05) is 20.6 Å². The lowest BCUT2D eigenvalue weighted by Gasteiger charge is -2.24. The van der Waals surface area contributed by atoms with E-state index >= 15 is 0 Å². The molecule has 0 fully saturated rings. The van der Waals surface area contributed by atoms with Crippen molar-refractivity contribution in [2.24, 2.45) is 0 Å². The number of hydrogen-bond acceptors (Lipinski definition) is 4. The third-order valence-corrected chi connectivity index (χ3v) is 4.41. The van der Waals surface area contributed by atoms with E-state index in [1.165, 1.54) is 11.6 Å². The van der Waals surface area contributed by atoms with E-state index in [9.17, 15) is 9.90 Å². The predicted octanol–water partition coefficient (Wildman–Crippen LogP) is 3.25. The fourth-order valence-corrected chi connectivity index (χ4v) is 3.11. The summed E-state index contributed by atoms with van der Waals surface area (Å²) in [6, 6.07) is 6.97. The standard InChI is InChI=1S/C15H17BrN2O2S/c1-18(2)13(10-5-6-21-9-10)8-17-15(20)12-7-11(16)3-4-14(12)19/h3-7,9,13,19H,8H2,1-2H3,(H,17,20). The minimum absolute atomic E-state index is 0.0207. The molecule has 112 valence electrons. The van der Waals surface area contributed by atoms with E-state index in [2.05, 4.69) is 37.6 Å². The Bertz CT molecular complexity index is 614. The first-order chi connectivity index (χ1) is 9.99. The Morgan fingerprint density at radius 2 is 2.19 bits per heavy atom. The SMILES string of the molecule is CN(C)C(CNC(=O)c1cc(Br)ccc1O)c1ccsc1. The molecule has 1 heterocycles. The van der Waals surface area contributed by atoms with Gasteiger partial charge >= 0.3 is 0 Å². The molecule has 0 aliphatic carbocycles. The molecule has 0 saturated carbocycles. The molecule has 1 aromatic carbocycles. The summed E-state index contributed by atoms with van der Waals surface area (Å²) >= 11 is 4.94. The number of aromatic hydroxyl groups is 1. The highest BCUT2D eigenvalue weighted by Crippen LogP contribution is 2.23. The van der Waals surface area contributed by atoms with Crippen LogP contribution in [0.15, 0.2) is 39.5 Å². The molecule has 0 aliphatic rings. The Kier molecular flexibility index (Phi) is 5.39. The van der Waals surface area contributed by atoms with E-state index in [0.717, 1.165) is 4.47 Å². The van der Waals surface area contributed by atoms with Gasteiger partial charge in [-0.25, -0.2) is 0 Å². The number of amides is 1. The zero-order valence-electron chi connectivity index (χ0n) is 11.8. The van der Waals surface area contributed by atoms with Gasteiger partial charge in [0.1, 0.15) is 5.75 Å². The number of carbonyl (C=O) groups excluding carboxylic acids is 1. The molecule has 0 radical (unpaired) electrons. The third-order valence-electron chi connectivity index (χ3n) is 3.21. The molecular formula is C15H17BrN2O2S. The summed E-state index contributed by atoms with van der Waals surface area (Å²) in [5.74, 6) is -0.302. The number of carbonyl (C=O) groups is 1. The molecule has 0 saturated heterocycles. The average Bonchev–Trinajstić information content (AvgIpc) is 2.95. The second-order valence-electron chi connectivity index (χ2n) is 4.91. The van der Waals surface area contributed by atoms with Gasteiger partial charge in [0.2, 0.25) is 0 Å². The maximum Gasteiger partial charge on any atom is 0.255 e. The fourth-order valence-electron chi connectivity index (χ4n) is 2.04. The lowest BCUT2D eigenvalue weighted by molar-refractivity contribution is 0.0939. The number of halogens is 1. The van der Waals surface area contributed by atoms with Gasteiger partial charge in [0, 0.05) is 11.0 Å². The maximum atomic E-state index is 12.2. The number of phenolic OH excluding ortho intramolecular Hbond substituents is 1. The number of rotatable bonds is 5. The highest BCUT2D eigenvalue weighted by atomic mass is 79.9. The zero-order chi connectivity index (χ0) is 15.4. The Morgan fingerprint density at radius 3 is 2.81 bits per heavy atom. The van der Waals surface area contributed by atoms with Gasteiger partial charge in [0.25, 0.3) is 5.91 Å². The van der Waals surface area contributed by atoms with Crippen LogP contribution in [0, 0.1) is 0 Å². The van der Waals surface area contributed by atoms with Crippen molar-refractivity contribution in [2.45, 2.75) is 6.04 Å². The normalized spacial score (nSPS) is 12.4. The van der Waals surface area contributed by atoms with E-state index in [1.807, 2.05) is 19.5 Å². The lowest BCUT2D eigenvalue weighted by atomic mass is 10.1. The van der Waals surface area contributed by atoms with Crippen LogP contribution in [0.4, 0.5) is 0 Å². The van der Waals surface area contributed by atoms with Crippen LogP contribution in [0.2, 0.25) is 0 Å². The molecule has 1 aromatic heterocycles. The van der Waals surface area contributed by atoms with Gasteiger partial charge in [0.15, 0.2) is 0 Å². The molecule has 1 atom stereocenters. The number of phenols is 1. The Hall–Kier alpha value is -1.37. The van der Waals surface area contributed by atoms with Crippen LogP contribution in [0.5, 0.6) is 5.75 Å². The first-order valence-corrected chi connectivity index (χ1v) is 8.18.